The molecule has 0 saturated carbocycles. The number of anilines is 2. The predicted molar refractivity (Wildman–Crippen MR) is 157 cm³/mol. The van der Waals surface area contributed by atoms with Gasteiger partial charge in [-0.15, -0.1) is 18.3 Å². The summed E-state index contributed by atoms with van der Waals surface area (Å²) in [6, 6.07) is 10.4. The first-order valence-corrected chi connectivity index (χ1v) is 14.1. The van der Waals surface area contributed by atoms with Gasteiger partial charge in [-0.05, 0) is 60.0 Å². The van der Waals surface area contributed by atoms with Crippen LogP contribution in [0.2, 0.25) is 0 Å². The number of ether oxygens (including phenoxy) is 2. The Bertz CT molecular complexity index is 1790. The van der Waals surface area contributed by atoms with Crippen molar-refractivity contribution in [1.29, 1.82) is 0 Å². The average molecular weight is 647 g/mol. The van der Waals surface area contributed by atoms with Crippen LogP contribution in [0.25, 0.3) is 17.1 Å². The summed E-state index contributed by atoms with van der Waals surface area (Å²) in [5.74, 6) is -2.39. The monoisotopic (exact) mass is 646 g/mol. The molecule has 1 N–H and O–H groups in total. The molecule has 1 aliphatic rings. The van der Waals surface area contributed by atoms with Gasteiger partial charge in [-0.3, -0.25) is 9.69 Å². The molecule has 0 atom stereocenters. The molecule has 0 bridgehead atoms. The molecular weight excluding hydrogens is 623 g/mol. The lowest BCUT2D eigenvalue weighted by atomic mass is 10.00. The van der Waals surface area contributed by atoms with E-state index in [9.17, 15) is 27.2 Å². The van der Waals surface area contributed by atoms with Crippen molar-refractivity contribution in [2.45, 2.75) is 26.1 Å². The number of carbonyl (C=O) groups is 2. The van der Waals surface area contributed by atoms with Crippen LogP contribution >= 0.6 is 11.8 Å². The third-order valence-electron chi connectivity index (χ3n) is 6.42. The maximum absolute atomic E-state index is 15.0. The largest absolute Gasteiger partial charge is 0.573 e. The lowest BCUT2D eigenvalue weighted by Crippen LogP contribution is -2.31. The number of benzene rings is 3. The smallest absolute Gasteiger partial charge is 0.494 e. The fraction of sp³-hybridized carbons (Fsp3) is 0.207. The Kier molecular flexibility index (Phi) is 8.77. The number of amidine groups is 1. The summed E-state index contributed by atoms with van der Waals surface area (Å²) in [6.45, 7) is 3.64. The Hall–Kier alpha value is -4.99. The first-order chi connectivity index (χ1) is 21.3. The number of urea groups is 1. The third kappa shape index (κ3) is 7.06. The van der Waals surface area contributed by atoms with Crippen LogP contribution in [0, 0.1) is 11.6 Å². The van der Waals surface area contributed by atoms with Crippen molar-refractivity contribution in [3.63, 3.8) is 0 Å². The molecule has 1 aromatic heterocycles. The predicted octanol–water partition coefficient (Wildman–Crippen LogP) is 6.91. The lowest BCUT2D eigenvalue weighted by Gasteiger charge is -2.22. The van der Waals surface area contributed by atoms with Gasteiger partial charge in [0.1, 0.15) is 17.9 Å². The summed E-state index contributed by atoms with van der Waals surface area (Å²) >= 11 is 0.999. The van der Waals surface area contributed by atoms with Crippen LogP contribution in [-0.2, 0) is 4.79 Å². The zero-order valence-electron chi connectivity index (χ0n) is 23.7. The van der Waals surface area contributed by atoms with E-state index in [-0.39, 0.29) is 45.6 Å². The molecule has 3 amide bonds. The number of rotatable bonds is 7. The topological polar surface area (TPSA) is 111 Å². The van der Waals surface area contributed by atoms with Crippen molar-refractivity contribution in [2.75, 3.05) is 23.1 Å². The maximum Gasteiger partial charge on any atom is 0.573 e. The summed E-state index contributed by atoms with van der Waals surface area (Å²) in [6.07, 6.45) is -3.53. The van der Waals surface area contributed by atoms with E-state index in [0.717, 1.165) is 30.0 Å². The van der Waals surface area contributed by atoms with Crippen molar-refractivity contribution < 1.29 is 41.0 Å². The first kappa shape index (κ1) is 31.4. The van der Waals surface area contributed by atoms with Crippen molar-refractivity contribution in [1.82, 2.24) is 14.8 Å². The van der Waals surface area contributed by atoms with Gasteiger partial charge >= 0.3 is 12.4 Å². The van der Waals surface area contributed by atoms with E-state index in [4.69, 9.17) is 4.74 Å². The van der Waals surface area contributed by atoms with Crippen molar-refractivity contribution in [3.8, 4) is 28.6 Å². The first-order valence-electron chi connectivity index (χ1n) is 13.1. The number of alkyl halides is 3. The van der Waals surface area contributed by atoms with Gasteiger partial charge in [0, 0.05) is 11.6 Å². The maximum atomic E-state index is 15.0. The van der Waals surface area contributed by atoms with Crippen LogP contribution in [0.1, 0.15) is 25.3 Å². The Morgan fingerprint density at radius 2 is 1.80 bits per heavy atom. The van der Waals surface area contributed by atoms with E-state index in [2.05, 4.69) is 25.1 Å². The van der Waals surface area contributed by atoms with Crippen LogP contribution in [0.15, 0.2) is 65.9 Å². The fourth-order valence-corrected chi connectivity index (χ4v) is 5.22. The number of nitrogens with one attached hydrogen (secondary N) is 1. The van der Waals surface area contributed by atoms with E-state index in [1.807, 2.05) is 13.8 Å². The number of amides is 3. The normalized spacial score (nSPS) is 14.4. The second-order valence-electron chi connectivity index (χ2n) is 9.79. The van der Waals surface area contributed by atoms with Gasteiger partial charge in [-0.2, -0.15) is 4.99 Å². The molecule has 0 spiro atoms. The molecule has 16 heteroatoms. The van der Waals surface area contributed by atoms with Gasteiger partial charge in [0.2, 0.25) is 5.91 Å². The molecule has 1 aliphatic heterocycles. The second-order valence-corrected chi connectivity index (χ2v) is 10.7. The molecule has 0 radical (unpaired) electrons. The average Bonchev–Trinajstić information content (AvgIpc) is 3.61. The molecule has 3 aromatic carbocycles. The number of nitrogens with zero attached hydrogens (tertiary/aromatic N) is 5. The van der Waals surface area contributed by atoms with E-state index in [1.165, 1.54) is 59.4 Å². The standard InChI is InChI=1S/C29H23F5N6O4S/c1-15(2)19-11-21(31)24(43-3)12-23(19)40-25(41)13-45-28(40)37-27(42)36-22-9-4-16(10-20(22)30)26-35-14-39(38-26)17-5-7-18(8-6-17)44-29(32,33)34/h4-12,14-15H,13H2,1-3H3,(H,36,42)/b37-28-. The highest BCUT2D eigenvalue weighted by atomic mass is 32.2. The number of hydrogen-bond acceptors (Lipinski definition) is 7. The molecule has 2 heterocycles. The Balaban J connectivity index is 1.32. The molecule has 0 unspecified atom stereocenters. The summed E-state index contributed by atoms with van der Waals surface area (Å²) in [7, 11) is 1.29. The van der Waals surface area contributed by atoms with E-state index < -0.39 is 29.8 Å². The third-order valence-corrected chi connectivity index (χ3v) is 7.35. The molecule has 5 rings (SSSR count). The molecule has 1 fully saturated rings. The molecule has 45 heavy (non-hydrogen) atoms. The minimum absolute atomic E-state index is 0.0163. The van der Waals surface area contributed by atoms with Gasteiger partial charge in [-0.1, -0.05) is 25.6 Å². The summed E-state index contributed by atoms with van der Waals surface area (Å²) < 4.78 is 76.9. The molecule has 10 nitrogen and oxygen atoms in total. The van der Waals surface area contributed by atoms with Crippen molar-refractivity contribution >= 4 is 40.2 Å². The molecule has 234 valence electrons. The number of halogens is 5. The van der Waals surface area contributed by atoms with Gasteiger partial charge in [-0.25, -0.2) is 23.2 Å². The highest BCUT2D eigenvalue weighted by Crippen LogP contribution is 2.37. The zero-order valence-corrected chi connectivity index (χ0v) is 24.5. The van der Waals surface area contributed by atoms with E-state index in [0.29, 0.717) is 16.9 Å². The van der Waals surface area contributed by atoms with Crippen molar-refractivity contribution in [2.24, 2.45) is 4.99 Å². The van der Waals surface area contributed by atoms with Crippen LogP contribution in [0.3, 0.4) is 0 Å². The number of carbonyl (C=O) groups excluding carboxylic acids is 2. The van der Waals surface area contributed by atoms with E-state index in [1.54, 1.807) is 0 Å². The summed E-state index contributed by atoms with van der Waals surface area (Å²) in [5, 5.41) is 6.61. The Labute approximate surface area is 256 Å². The Morgan fingerprint density at radius 3 is 2.44 bits per heavy atom. The molecule has 0 aliphatic carbocycles. The minimum atomic E-state index is -4.82. The quantitative estimate of drug-likeness (QED) is 0.217. The Morgan fingerprint density at radius 1 is 1.07 bits per heavy atom. The number of methoxy groups -OCH3 is 1. The lowest BCUT2D eigenvalue weighted by molar-refractivity contribution is -0.274. The van der Waals surface area contributed by atoms with Gasteiger partial charge in [0.25, 0.3) is 0 Å². The number of thioether (sulfide) groups is 1. The summed E-state index contributed by atoms with van der Waals surface area (Å²) in [5.41, 5.74) is 1.24. The molecule has 4 aromatic rings. The highest BCUT2D eigenvalue weighted by Gasteiger charge is 2.34. The van der Waals surface area contributed by atoms with E-state index >= 15 is 4.39 Å². The highest BCUT2D eigenvalue weighted by molar-refractivity contribution is 8.15. The summed E-state index contributed by atoms with van der Waals surface area (Å²) in [4.78, 5) is 34.9. The fourth-order valence-electron chi connectivity index (χ4n) is 4.36. The molecular formula is C29H23F5N6O4S. The zero-order chi connectivity index (χ0) is 32.5. The number of hydrogen-bond donors (Lipinski definition) is 1. The van der Waals surface area contributed by atoms with Crippen LogP contribution < -0.4 is 19.7 Å². The SMILES string of the molecule is COc1cc(N2C(=O)CS/C2=N\C(=O)Nc2ccc(-c3ncn(-c4ccc(OC(F)(F)F)cc4)n3)cc2F)c(C(C)C)cc1F. The van der Waals surface area contributed by atoms with Crippen LogP contribution in [0.4, 0.5) is 38.1 Å². The molecule has 1 saturated heterocycles. The van der Waals surface area contributed by atoms with Gasteiger partial charge in [0.15, 0.2) is 22.6 Å². The second kappa shape index (κ2) is 12.6. The van der Waals surface area contributed by atoms with Crippen LogP contribution in [-0.4, -0.2) is 51.1 Å². The minimum Gasteiger partial charge on any atom is -0.494 e. The number of aromatic nitrogens is 3. The van der Waals surface area contributed by atoms with Crippen LogP contribution in [0.5, 0.6) is 11.5 Å². The number of aliphatic imine (C=N–C) groups is 1. The van der Waals surface area contributed by atoms with Crippen molar-refractivity contribution in [3.05, 3.63) is 78.1 Å². The van der Waals surface area contributed by atoms with Gasteiger partial charge < -0.3 is 14.8 Å². The van der Waals surface area contributed by atoms with Gasteiger partial charge in [0.05, 0.1) is 29.9 Å².